The van der Waals surface area contributed by atoms with Crippen LogP contribution in [0.25, 0.3) is 55.2 Å². The topological polar surface area (TPSA) is 95.5 Å². The van der Waals surface area contributed by atoms with Gasteiger partial charge in [-0.05, 0) is 61.0 Å². The van der Waals surface area contributed by atoms with E-state index in [0.29, 0.717) is 51.4 Å². The first-order chi connectivity index (χ1) is 21.9. The maximum Gasteiger partial charge on any atom is 0.181 e. The molecule has 0 amide bonds. The maximum absolute atomic E-state index is 17.6. The van der Waals surface area contributed by atoms with Gasteiger partial charge in [-0.3, -0.25) is 0 Å². The number of benzene rings is 3. The Labute approximate surface area is 259 Å². The number of aromatic nitrogens is 4. The van der Waals surface area contributed by atoms with E-state index in [9.17, 15) is 5.11 Å². The molecule has 4 aliphatic rings. The van der Waals surface area contributed by atoms with E-state index in [1.54, 1.807) is 18.3 Å². The van der Waals surface area contributed by atoms with Gasteiger partial charge in [0, 0.05) is 54.7 Å². The monoisotopic (exact) mass is 603 g/mol. The van der Waals surface area contributed by atoms with E-state index >= 15 is 4.39 Å². The molecule has 6 aromatic rings. The lowest BCUT2D eigenvalue weighted by atomic mass is 9.79. The van der Waals surface area contributed by atoms with Crippen molar-refractivity contribution in [2.45, 2.75) is 37.9 Å². The molecule has 1 saturated carbocycles. The number of nitrogens with zero attached hydrogens (tertiary/aromatic N) is 6. The largest absolute Gasteiger partial charge is 0.508 e. The minimum atomic E-state index is -0.456. The molecule has 0 spiro atoms. The van der Waals surface area contributed by atoms with Crippen LogP contribution in [0, 0.1) is 11.7 Å². The quantitative estimate of drug-likeness (QED) is 0.249. The number of hydrogen-bond acceptors (Lipinski definition) is 8. The number of phenols is 1. The Bertz CT molecular complexity index is 2120. The lowest BCUT2D eigenvalue weighted by Gasteiger charge is -2.43. The number of fused-ring (bicyclic) bond motifs is 5. The van der Waals surface area contributed by atoms with Crippen LogP contribution in [0.1, 0.15) is 25.2 Å². The van der Waals surface area contributed by atoms with E-state index in [2.05, 4.69) is 45.7 Å². The van der Waals surface area contributed by atoms with Crippen LogP contribution in [-0.4, -0.2) is 75.3 Å². The predicted octanol–water partition coefficient (Wildman–Crippen LogP) is 5.75. The Morgan fingerprint density at radius 2 is 1.91 bits per heavy atom. The Morgan fingerprint density at radius 1 is 1.07 bits per heavy atom. The first-order valence-corrected chi connectivity index (χ1v) is 15.7. The number of aromatic hydroxyl groups is 1. The molecule has 3 aliphatic heterocycles. The molecule has 3 atom stereocenters. The molecule has 10 heteroatoms. The number of phenolic OH excluding ortho intramolecular Hbond substituents is 1. The third-order valence-electron chi connectivity index (χ3n) is 10.3. The highest BCUT2D eigenvalue weighted by Crippen LogP contribution is 2.49. The molecule has 3 aromatic carbocycles. The summed E-state index contributed by atoms with van der Waals surface area (Å²) < 4.78 is 25.8. The molecule has 2 bridgehead atoms. The highest BCUT2D eigenvalue weighted by atomic mass is 19.1. The molecule has 6 heterocycles. The molecule has 228 valence electrons. The van der Waals surface area contributed by atoms with Gasteiger partial charge in [-0.25, -0.2) is 19.3 Å². The Morgan fingerprint density at radius 3 is 2.62 bits per heavy atom. The van der Waals surface area contributed by atoms with Gasteiger partial charge in [0.15, 0.2) is 23.8 Å². The van der Waals surface area contributed by atoms with Crippen LogP contribution in [0.15, 0.2) is 59.5 Å². The average Bonchev–Trinajstić information content (AvgIpc) is 3.81. The third kappa shape index (κ3) is 3.82. The minimum Gasteiger partial charge on any atom is -0.508 e. The highest BCUT2D eigenvalue weighted by molar-refractivity contribution is 6.12. The number of pyridine rings is 1. The first-order valence-electron chi connectivity index (χ1n) is 15.7. The van der Waals surface area contributed by atoms with Gasteiger partial charge in [-0.1, -0.05) is 31.2 Å². The smallest absolute Gasteiger partial charge is 0.181 e. The van der Waals surface area contributed by atoms with Crippen molar-refractivity contribution in [3.63, 3.8) is 0 Å². The van der Waals surface area contributed by atoms with E-state index in [1.807, 2.05) is 30.3 Å². The summed E-state index contributed by atoms with van der Waals surface area (Å²) >= 11 is 0. The summed E-state index contributed by atoms with van der Waals surface area (Å²) in [5.74, 6) is 2.29. The second-order valence-electron chi connectivity index (χ2n) is 13.0. The van der Waals surface area contributed by atoms with Gasteiger partial charge in [0.25, 0.3) is 0 Å². The zero-order chi connectivity index (χ0) is 30.6. The van der Waals surface area contributed by atoms with Crippen molar-refractivity contribution in [3.8, 4) is 28.2 Å². The van der Waals surface area contributed by atoms with Gasteiger partial charge in [0.2, 0.25) is 0 Å². The lowest BCUT2D eigenvalue weighted by molar-refractivity contribution is 0.221. The van der Waals surface area contributed by atoms with Crippen LogP contribution in [-0.2, 0) is 6.42 Å². The summed E-state index contributed by atoms with van der Waals surface area (Å²) in [6, 6.07) is 14.1. The van der Waals surface area contributed by atoms with E-state index in [0.717, 1.165) is 65.9 Å². The Balaban J connectivity index is 1.40. The van der Waals surface area contributed by atoms with Crippen molar-refractivity contribution in [1.82, 2.24) is 29.7 Å². The van der Waals surface area contributed by atoms with E-state index in [-0.39, 0.29) is 11.8 Å². The number of rotatable bonds is 6. The van der Waals surface area contributed by atoms with Crippen molar-refractivity contribution in [2.75, 3.05) is 38.6 Å². The van der Waals surface area contributed by atoms with Crippen molar-refractivity contribution in [2.24, 2.45) is 5.92 Å². The molecule has 3 unspecified atom stereocenters. The number of halogens is 1. The van der Waals surface area contributed by atoms with Crippen LogP contribution >= 0.6 is 0 Å². The van der Waals surface area contributed by atoms with Gasteiger partial charge in [-0.15, -0.1) is 0 Å². The molecule has 3 aromatic heterocycles. The highest BCUT2D eigenvalue weighted by Gasteiger charge is 2.49. The Hall–Kier alpha value is -4.54. The van der Waals surface area contributed by atoms with Crippen LogP contribution in [0.5, 0.6) is 5.75 Å². The fourth-order valence-corrected chi connectivity index (χ4v) is 7.87. The van der Waals surface area contributed by atoms with Crippen LogP contribution in [0.4, 0.5) is 10.2 Å². The van der Waals surface area contributed by atoms with Gasteiger partial charge in [-0.2, -0.15) is 0 Å². The van der Waals surface area contributed by atoms with Crippen molar-refractivity contribution in [1.29, 1.82) is 0 Å². The molecule has 1 aliphatic carbocycles. The molecule has 2 N–H and O–H groups in total. The number of aryl methyl sites for hydroxylation is 1. The molecule has 45 heavy (non-hydrogen) atoms. The van der Waals surface area contributed by atoms with Gasteiger partial charge in [0.1, 0.15) is 22.6 Å². The molecule has 4 fully saturated rings. The Kier molecular flexibility index (Phi) is 5.80. The van der Waals surface area contributed by atoms with Gasteiger partial charge < -0.3 is 29.2 Å². The van der Waals surface area contributed by atoms with E-state index < -0.39 is 5.82 Å². The summed E-state index contributed by atoms with van der Waals surface area (Å²) in [6.45, 7) is 4.72. The second-order valence-corrected chi connectivity index (χ2v) is 13.0. The zero-order valence-corrected chi connectivity index (χ0v) is 25.5. The predicted molar refractivity (Wildman–Crippen MR) is 173 cm³/mol. The fraction of sp³-hybridized carbons (Fsp3) is 0.343. The summed E-state index contributed by atoms with van der Waals surface area (Å²) in [5.41, 5.74) is 3.49. The number of anilines is 1. The number of hydrogen-bond donors (Lipinski definition) is 2. The summed E-state index contributed by atoms with van der Waals surface area (Å²) in [5, 5.41) is 16.8. The molecule has 0 radical (unpaired) electrons. The molecule has 9 nitrogen and oxygen atoms in total. The molecular weight excluding hydrogens is 569 g/mol. The van der Waals surface area contributed by atoms with Crippen LogP contribution in [0.3, 0.4) is 0 Å². The normalized spacial score (nSPS) is 21.4. The molecule has 3 saturated heterocycles. The third-order valence-corrected chi connectivity index (χ3v) is 10.3. The number of imidazole rings is 1. The SMILES string of the molecule is CCc1nc2c(N3CC(N(C)C)C3)nc3c(F)c(-c4cc(O)cc5ccccc45)c(-c4cnco4)cc3c2n1C1C2CNC1C2. The van der Waals surface area contributed by atoms with Crippen molar-refractivity contribution >= 4 is 38.5 Å². The molecular formula is C35H34FN7O2. The van der Waals surface area contributed by atoms with Crippen molar-refractivity contribution < 1.29 is 13.9 Å². The van der Waals surface area contributed by atoms with E-state index in [1.165, 1.54) is 6.39 Å². The van der Waals surface area contributed by atoms with Gasteiger partial charge >= 0.3 is 0 Å². The maximum atomic E-state index is 17.6. The second kappa shape index (κ2) is 9.73. The zero-order valence-electron chi connectivity index (χ0n) is 25.5. The lowest BCUT2D eigenvalue weighted by Crippen LogP contribution is -2.57. The first kappa shape index (κ1) is 26.8. The van der Waals surface area contributed by atoms with Gasteiger partial charge in [0.05, 0.1) is 17.8 Å². The summed E-state index contributed by atoms with van der Waals surface area (Å²) in [7, 11) is 4.18. The van der Waals surface area contributed by atoms with E-state index in [4.69, 9.17) is 14.4 Å². The van der Waals surface area contributed by atoms with Crippen molar-refractivity contribution in [3.05, 3.63) is 66.7 Å². The number of oxazole rings is 1. The number of nitrogens with one attached hydrogen (secondary N) is 1. The summed E-state index contributed by atoms with van der Waals surface area (Å²) in [6.07, 6.45) is 4.88. The summed E-state index contributed by atoms with van der Waals surface area (Å²) in [4.78, 5) is 19.0. The average molecular weight is 604 g/mol. The fourth-order valence-electron chi connectivity index (χ4n) is 7.87. The minimum absolute atomic E-state index is 0.0600. The van der Waals surface area contributed by atoms with Crippen LogP contribution in [0.2, 0.25) is 0 Å². The standard InChI is InChI=1S/C35H34FN7O2/c1-4-28-39-32-34(43(28)33-19-10-26(33)38-13-19)25-12-24(27-14-37-17-45-27)29(23-11-21(44)9-18-7-5-6-8-22(18)23)30(36)31(25)40-35(32)42-15-20(16-42)41(2)3/h5-9,11-12,14,17,19-20,26,33,38,44H,4,10,13,15-16H2,1-3H3. The number of likely N-dealkylation sites (N-methyl/N-ethyl adjacent to an activating group) is 1. The molecule has 10 rings (SSSR count). The van der Waals surface area contributed by atoms with Crippen LogP contribution < -0.4 is 10.2 Å².